The third-order valence-corrected chi connectivity index (χ3v) is 4.24. The lowest BCUT2D eigenvalue weighted by atomic mass is 10.2. The van der Waals surface area contributed by atoms with E-state index in [4.69, 9.17) is 14.2 Å². The molecule has 28 heavy (non-hydrogen) atoms. The Kier molecular flexibility index (Phi) is 7.92. The fraction of sp³-hybridized carbons (Fsp3) is 0.429. The summed E-state index contributed by atoms with van der Waals surface area (Å²) in [6.45, 7) is 6.17. The van der Waals surface area contributed by atoms with Gasteiger partial charge in [-0.1, -0.05) is 13.8 Å². The summed E-state index contributed by atoms with van der Waals surface area (Å²) in [5, 5.41) is 2.85. The van der Waals surface area contributed by atoms with Crippen LogP contribution in [0.5, 0.6) is 17.2 Å². The number of amides is 1. The zero-order chi connectivity index (χ0) is 20.5. The van der Waals surface area contributed by atoms with Crippen molar-refractivity contribution in [1.29, 1.82) is 0 Å². The average molecular weight is 387 g/mol. The Balaban J connectivity index is 2.18. The molecule has 0 radical (unpaired) electrons. The van der Waals surface area contributed by atoms with E-state index in [0.717, 1.165) is 31.7 Å². The van der Waals surface area contributed by atoms with Crippen LogP contribution in [0.25, 0.3) is 0 Å². The lowest BCUT2D eigenvalue weighted by Crippen LogP contribution is -2.26. The molecule has 1 amide bonds. The molecule has 1 N–H and O–H groups in total. The van der Waals surface area contributed by atoms with E-state index < -0.39 is 0 Å². The van der Waals surface area contributed by atoms with Gasteiger partial charge in [0.1, 0.15) is 5.82 Å². The van der Waals surface area contributed by atoms with Crippen LogP contribution < -0.4 is 24.4 Å². The Hall–Kier alpha value is -2.96. The molecular formula is C21H29N3O4. The van der Waals surface area contributed by atoms with E-state index in [1.54, 1.807) is 24.4 Å². The Morgan fingerprint density at radius 2 is 1.61 bits per heavy atom. The monoisotopic (exact) mass is 387 g/mol. The van der Waals surface area contributed by atoms with Crippen LogP contribution in [0, 0.1) is 0 Å². The minimum atomic E-state index is -0.258. The predicted octanol–water partition coefficient (Wildman–Crippen LogP) is 3.99. The highest BCUT2D eigenvalue weighted by Gasteiger charge is 2.15. The summed E-state index contributed by atoms with van der Waals surface area (Å²) in [6, 6.07) is 7.04. The van der Waals surface area contributed by atoms with Crippen molar-refractivity contribution >= 4 is 17.4 Å². The standard InChI is InChI=1S/C21H29N3O4/c1-6-10-24(11-7-2)19-9-8-15(14-22-19)21(25)23-16-12-17(26-3)20(28-5)18(13-16)27-4/h8-9,12-14H,6-7,10-11H2,1-5H3,(H,23,25). The van der Waals surface area contributed by atoms with Crippen molar-refractivity contribution in [3.05, 3.63) is 36.0 Å². The zero-order valence-corrected chi connectivity index (χ0v) is 17.2. The summed E-state index contributed by atoms with van der Waals surface area (Å²) in [5.41, 5.74) is 1.02. The number of nitrogens with zero attached hydrogens (tertiary/aromatic N) is 2. The van der Waals surface area contributed by atoms with Crippen molar-refractivity contribution in [2.75, 3.05) is 44.6 Å². The van der Waals surface area contributed by atoms with Crippen molar-refractivity contribution in [2.45, 2.75) is 26.7 Å². The second-order valence-electron chi connectivity index (χ2n) is 6.26. The van der Waals surface area contributed by atoms with Gasteiger partial charge < -0.3 is 24.4 Å². The summed E-state index contributed by atoms with van der Waals surface area (Å²) in [7, 11) is 4.60. The second kappa shape index (κ2) is 10.4. The molecule has 0 spiro atoms. The first-order valence-corrected chi connectivity index (χ1v) is 9.40. The van der Waals surface area contributed by atoms with Crippen LogP contribution in [0.2, 0.25) is 0 Å². The molecule has 2 aromatic rings. The maximum absolute atomic E-state index is 12.6. The van der Waals surface area contributed by atoms with Gasteiger partial charge in [-0.15, -0.1) is 0 Å². The maximum Gasteiger partial charge on any atom is 0.257 e. The molecule has 0 saturated heterocycles. The molecule has 2 rings (SSSR count). The molecule has 7 heteroatoms. The summed E-state index contributed by atoms with van der Waals surface area (Å²) in [5.74, 6) is 2.04. The van der Waals surface area contributed by atoms with E-state index in [1.807, 2.05) is 6.07 Å². The predicted molar refractivity (Wildman–Crippen MR) is 111 cm³/mol. The molecule has 1 aromatic carbocycles. The van der Waals surface area contributed by atoms with Gasteiger partial charge in [-0.05, 0) is 25.0 Å². The van der Waals surface area contributed by atoms with Gasteiger partial charge in [0.05, 0.1) is 26.9 Å². The Labute approximate surface area is 166 Å². The van der Waals surface area contributed by atoms with Crippen LogP contribution in [0.3, 0.4) is 0 Å². The normalized spacial score (nSPS) is 10.3. The van der Waals surface area contributed by atoms with Crippen molar-refractivity contribution in [3.8, 4) is 17.2 Å². The Morgan fingerprint density at radius 3 is 2.04 bits per heavy atom. The number of benzene rings is 1. The number of nitrogens with one attached hydrogen (secondary N) is 1. The number of ether oxygens (including phenoxy) is 3. The highest BCUT2D eigenvalue weighted by Crippen LogP contribution is 2.40. The number of hydrogen-bond donors (Lipinski definition) is 1. The highest BCUT2D eigenvalue weighted by molar-refractivity contribution is 6.04. The minimum absolute atomic E-state index is 0.258. The van der Waals surface area contributed by atoms with E-state index in [1.165, 1.54) is 21.3 Å². The molecule has 0 saturated carbocycles. The molecule has 152 valence electrons. The topological polar surface area (TPSA) is 72.9 Å². The van der Waals surface area contributed by atoms with Gasteiger partial charge in [0, 0.05) is 37.1 Å². The molecule has 0 bridgehead atoms. The Morgan fingerprint density at radius 1 is 1.00 bits per heavy atom. The quantitative estimate of drug-likeness (QED) is 0.665. The number of aromatic nitrogens is 1. The summed E-state index contributed by atoms with van der Waals surface area (Å²) in [6.07, 6.45) is 3.69. The SMILES string of the molecule is CCCN(CCC)c1ccc(C(=O)Nc2cc(OC)c(OC)c(OC)c2)cn1. The fourth-order valence-corrected chi connectivity index (χ4v) is 2.94. The number of pyridine rings is 1. The van der Waals surface area contributed by atoms with Crippen LogP contribution in [0.4, 0.5) is 11.5 Å². The largest absolute Gasteiger partial charge is 0.493 e. The van der Waals surface area contributed by atoms with Crippen LogP contribution >= 0.6 is 0 Å². The fourth-order valence-electron chi connectivity index (χ4n) is 2.94. The smallest absolute Gasteiger partial charge is 0.257 e. The minimum Gasteiger partial charge on any atom is -0.493 e. The molecule has 7 nitrogen and oxygen atoms in total. The number of hydrogen-bond acceptors (Lipinski definition) is 6. The lowest BCUT2D eigenvalue weighted by molar-refractivity contribution is 0.102. The van der Waals surface area contributed by atoms with E-state index in [2.05, 4.69) is 29.0 Å². The van der Waals surface area contributed by atoms with Crippen molar-refractivity contribution < 1.29 is 19.0 Å². The van der Waals surface area contributed by atoms with Gasteiger partial charge >= 0.3 is 0 Å². The van der Waals surface area contributed by atoms with Gasteiger partial charge in [0.2, 0.25) is 5.75 Å². The Bertz CT molecular complexity index is 747. The van der Waals surface area contributed by atoms with Crippen molar-refractivity contribution in [3.63, 3.8) is 0 Å². The zero-order valence-electron chi connectivity index (χ0n) is 17.2. The first-order valence-electron chi connectivity index (χ1n) is 9.40. The number of rotatable bonds is 10. The average Bonchev–Trinajstić information content (AvgIpc) is 2.72. The third kappa shape index (κ3) is 5.06. The molecule has 0 atom stereocenters. The van der Waals surface area contributed by atoms with Gasteiger partial charge in [0.25, 0.3) is 5.91 Å². The van der Waals surface area contributed by atoms with Gasteiger partial charge in [-0.25, -0.2) is 4.98 Å². The summed E-state index contributed by atoms with van der Waals surface area (Å²) >= 11 is 0. The molecule has 1 aromatic heterocycles. The first-order chi connectivity index (χ1) is 13.6. The first kappa shape index (κ1) is 21.3. The number of anilines is 2. The van der Waals surface area contributed by atoms with Crippen molar-refractivity contribution in [1.82, 2.24) is 4.98 Å². The summed E-state index contributed by atoms with van der Waals surface area (Å²) < 4.78 is 15.9. The molecule has 0 fully saturated rings. The lowest BCUT2D eigenvalue weighted by Gasteiger charge is -2.22. The third-order valence-electron chi connectivity index (χ3n) is 4.24. The maximum atomic E-state index is 12.6. The van der Waals surface area contributed by atoms with Crippen LogP contribution in [0.15, 0.2) is 30.5 Å². The van der Waals surface area contributed by atoms with Gasteiger partial charge in [-0.3, -0.25) is 4.79 Å². The molecule has 0 aliphatic heterocycles. The molecule has 1 heterocycles. The van der Waals surface area contributed by atoms with E-state index in [9.17, 15) is 4.79 Å². The van der Waals surface area contributed by atoms with E-state index >= 15 is 0 Å². The van der Waals surface area contributed by atoms with Gasteiger partial charge in [0.15, 0.2) is 11.5 Å². The summed E-state index contributed by atoms with van der Waals surface area (Å²) in [4.78, 5) is 19.3. The van der Waals surface area contributed by atoms with Crippen LogP contribution in [0.1, 0.15) is 37.0 Å². The molecular weight excluding hydrogens is 358 g/mol. The van der Waals surface area contributed by atoms with Gasteiger partial charge in [-0.2, -0.15) is 0 Å². The van der Waals surface area contributed by atoms with E-state index in [-0.39, 0.29) is 5.91 Å². The van der Waals surface area contributed by atoms with Crippen LogP contribution in [-0.2, 0) is 0 Å². The molecule has 0 aliphatic carbocycles. The van der Waals surface area contributed by atoms with E-state index in [0.29, 0.717) is 28.5 Å². The second-order valence-corrected chi connectivity index (χ2v) is 6.26. The molecule has 0 unspecified atom stereocenters. The number of methoxy groups -OCH3 is 3. The van der Waals surface area contributed by atoms with Crippen molar-refractivity contribution in [2.24, 2.45) is 0 Å². The highest BCUT2D eigenvalue weighted by atomic mass is 16.5. The molecule has 0 aliphatic rings. The number of carbonyl (C=O) groups excluding carboxylic acids is 1. The van der Waals surface area contributed by atoms with Crippen LogP contribution in [-0.4, -0.2) is 45.3 Å². The number of carbonyl (C=O) groups is 1.